The smallest absolute Gasteiger partial charge is 0.0951 e. The van der Waals surface area contributed by atoms with Crippen molar-refractivity contribution in [2.24, 2.45) is 0 Å². The van der Waals surface area contributed by atoms with Gasteiger partial charge in [-0.25, -0.2) is 4.98 Å². The van der Waals surface area contributed by atoms with Gasteiger partial charge in [-0.2, -0.15) is 0 Å². The SMILES string of the molecule is Cc1ccc(CC(C)n2cncc2CNC(C)C)s1. The monoisotopic (exact) mass is 277 g/mol. The molecule has 1 N–H and O–H groups in total. The topological polar surface area (TPSA) is 29.9 Å². The van der Waals surface area contributed by atoms with Gasteiger partial charge in [0.2, 0.25) is 0 Å². The van der Waals surface area contributed by atoms with Gasteiger partial charge in [-0.1, -0.05) is 13.8 Å². The number of imidazole rings is 1. The van der Waals surface area contributed by atoms with Gasteiger partial charge in [0.1, 0.15) is 0 Å². The van der Waals surface area contributed by atoms with Gasteiger partial charge in [0.25, 0.3) is 0 Å². The Morgan fingerprint density at radius 3 is 2.74 bits per heavy atom. The first kappa shape index (κ1) is 14.3. The van der Waals surface area contributed by atoms with E-state index in [4.69, 9.17) is 0 Å². The summed E-state index contributed by atoms with van der Waals surface area (Å²) in [4.78, 5) is 7.12. The van der Waals surface area contributed by atoms with E-state index < -0.39 is 0 Å². The van der Waals surface area contributed by atoms with Crippen molar-refractivity contribution in [2.75, 3.05) is 0 Å². The van der Waals surface area contributed by atoms with Crippen molar-refractivity contribution in [3.05, 3.63) is 40.1 Å². The summed E-state index contributed by atoms with van der Waals surface area (Å²) < 4.78 is 2.28. The minimum Gasteiger partial charge on any atom is -0.330 e. The molecule has 2 aromatic rings. The largest absolute Gasteiger partial charge is 0.330 e. The summed E-state index contributed by atoms with van der Waals surface area (Å²) in [5.41, 5.74) is 1.26. The lowest BCUT2D eigenvalue weighted by Crippen LogP contribution is -2.24. The Kier molecular flexibility index (Phi) is 4.77. The molecule has 0 aliphatic rings. The maximum atomic E-state index is 4.29. The van der Waals surface area contributed by atoms with Crippen LogP contribution in [0.3, 0.4) is 0 Å². The zero-order chi connectivity index (χ0) is 13.8. The second-order valence-corrected chi connectivity index (χ2v) is 6.77. The molecule has 0 radical (unpaired) electrons. The van der Waals surface area contributed by atoms with Crippen LogP contribution in [0.5, 0.6) is 0 Å². The van der Waals surface area contributed by atoms with Crippen molar-refractivity contribution >= 4 is 11.3 Å². The predicted molar refractivity (Wildman–Crippen MR) is 81.7 cm³/mol. The normalized spacial score (nSPS) is 13.1. The van der Waals surface area contributed by atoms with Crippen LogP contribution in [0, 0.1) is 6.92 Å². The van der Waals surface area contributed by atoms with Crippen molar-refractivity contribution in [1.29, 1.82) is 0 Å². The summed E-state index contributed by atoms with van der Waals surface area (Å²) in [5.74, 6) is 0. The van der Waals surface area contributed by atoms with E-state index in [0.29, 0.717) is 12.1 Å². The molecule has 2 aromatic heterocycles. The van der Waals surface area contributed by atoms with Crippen molar-refractivity contribution in [1.82, 2.24) is 14.9 Å². The molecule has 2 heterocycles. The van der Waals surface area contributed by atoms with Gasteiger partial charge in [0.05, 0.1) is 12.0 Å². The van der Waals surface area contributed by atoms with Gasteiger partial charge in [-0.3, -0.25) is 0 Å². The lowest BCUT2D eigenvalue weighted by atomic mass is 10.2. The van der Waals surface area contributed by atoms with E-state index >= 15 is 0 Å². The van der Waals surface area contributed by atoms with E-state index in [-0.39, 0.29) is 0 Å². The Balaban J connectivity index is 2.02. The molecular weight excluding hydrogens is 254 g/mol. The maximum absolute atomic E-state index is 4.29. The van der Waals surface area contributed by atoms with Crippen LogP contribution in [0.4, 0.5) is 0 Å². The molecule has 1 unspecified atom stereocenters. The van der Waals surface area contributed by atoms with Gasteiger partial charge in [-0.05, 0) is 26.0 Å². The molecular formula is C15H23N3S. The predicted octanol–water partition coefficient (Wildman–Crippen LogP) is 3.55. The number of aromatic nitrogens is 2. The molecule has 0 aromatic carbocycles. The number of thiophene rings is 1. The maximum Gasteiger partial charge on any atom is 0.0951 e. The molecule has 0 amide bonds. The lowest BCUT2D eigenvalue weighted by molar-refractivity contribution is 0.499. The van der Waals surface area contributed by atoms with Crippen LogP contribution >= 0.6 is 11.3 Å². The van der Waals surface area contributed by atoms with Crippen LogP contribution in [-0.2, 0) is 13.0 Å². The average Bonchev–Trinajstić information content (AvgIpc) is 2.95. The number of nitrogens with one attached hydrogen (secondary N) is 1. The molecule has 0 aliphatic carbocycles. The van der Waals surface area contributed by atoms with Crippen molar-refractivity contribution in [2.45, 2.75) is 52.7 Å². The average molecular weight is 277 g/mol. The third kappa shape index (κ3) is 3.91. The summed E-state index contributed by atoms with van der Waals surface area (Å²) in [6, 6.07) is 5.38. The summed E-state index contributed by atoms with van der Waals surface area (Å²) in [7, 11) is 0. The van der Waals surface area contributed by atoms with E-state index in [1.165, 1.54) is 15.4 Å². The van der Waals surface area contributed by atoms with Crippen LogP contribution in [0.1, 0.15) is 42.3 Å². The lowest BCUT2D eigenvalue weighted by Gasteiger charge is -2.17. The standard InChI is InChI=1S/C15H23N3S/c1-11(2)17-9-14-8-16-10-18(14)12(3)7-15-6-5-13(4)19-15/h5-6,8,10-12,17H,7,9H2,1-4H3. The second kappa shape index (κ2) is 6.35. The fourth-order valence-electron chi connectivity index (χ4n) is 2.16. The Labute approximate surface area is 119 Å². The Morgan fingerprint density at radius 1 is 1.32 bits per heavy atom. The third-order valence-corrected chi connectivity index (χ3v) is 4.23. The molecule has 0 saturated carbocycles. The zero-order valence-corrected chi connectivity index (χ0v) is 13.0. The summed E-state index contributed by atoms with van der Waals surface area (Å²) >= 11 is 1.89. The molecule has 2 rings (SSSR count). The molecule has 0 aliphatic heterocycles. The first-order valence-corrected chi connectivity index (χ1v) is 7.67. The molecule has 0 bridgehead atoms. The van der Waals surface area contributed by atoms with Gasteiger partial charge in [0, 0.05) is 41.0 Å². The highest BCUT2D eigenvalue weighted by Crippen LogP contribution is 2.22. The fourth-order valence-corrected chi connectivity index (χ4v) is 3.17. The number of hydrogen-bond donors (Lipinski definition) is 1. The Bertz CT molecular complexity index is 513. The molecule has 3 nitrogen and oxygen atoms in total. The first-order chi connectivity index (χ1) is 9.06. The summed E-state index contributed by atoms with van der Waals surface area (Å²) in [5, 5.41) is 3.45. The van der Waals surface area contributed by atoms with Crippen molar-refractivity contribution in [3.63, 3.8) is 0 Å². The van der Waals surface area contributed by atoms with Crippen LogP contribution in [0.2, 0.25) is 0 Å². The minimum absolute atomic E-state index is 0.449. The van der Waals surface area contributed by atoms with E-state index in [9.17, 15) is 0 Å². The first-order valence-electron chi connectivity index (χ1n) is 6.85. The van der Waals surface area contributed by atoms with E-state index in [0.717, 1.165) is 13.0 Å². The Morgan fingerprint density at radius 2 is 2.11 bits per heavy atom. The number of rotatable bonds is 6. The van der Waals surface area contributed by atoms with E-state index in [1.807, 2.05) is 23.9 Å². The molecule has 0 saturated heterocycles. The van der Waals surface area contributed by atoms with Crippen molar-refractivity contribution < 1.29 is 0 Å². The molecule has 104 valence electrons. The zero-order valence-electron chi connectivity index (χ0n) is 12.2. The van der Waals surface area contributed by atoms with Crippen LogP contribution < -0.4 is 5.32 Å². The van der Waals surface area contributed by atoms with Gasteiger partial charge < -0.3 is 9.88 Å². The van der Waals surface area contributed by atoms with E-state index in [1.54, 1.807) is 0 Å². The number of hydrogen-bond acceptors (Lipinski definition) is 3. The number of nitrogens with zero attached hydrogens (tertiary/aromatic N) is 2. The molecule has 0 fully saturated rings. The fraction of sp³-hybridized carbons (Fsp3) is 0.533. The van der Waals surface area contributed by atoms with Crippen LogP contribution in [-0.4, -0.2) is 15.6 Å². The highest BCUT2D eigenvalue weighted by atomic mass is 32.1. The Hall–Kier alpha value is -1.13. The molecule has 4 heteroatoms. The highest BCUT2D eigenvalue weighted by Gasteiger charge is 2.11. The van der Waals surface area contributed by atoms with Gasteiger partial charge in [-0.15, -0.1) is 11.3 Å². The molecule has 19 heavy (non-hydrogen) atoms. The van der Waals surface area contributed by atoms with Crippen LogP contribution in [0.25, 0.3) is 0 Å². The van der Waals surface area contributed by atoms with Crippen LogP contribution in [0.15, 0.2) is 24.7 Å². The molecule has 0 spiro atoms. The molecule has 1 atom stereocenters. The summed E-state index contributed by atoms with van der Waals surface area (Å²) in [6.45, 7) is 9.63. The summed E-state index contributed by atoms with van der Waals surface area (Å²) in [6.07, 6.45) is 4.98. The van der Waals surface area contributed by atoms with Gasteiger partial charge >= 0.3 is 0 Å². The second-order valence-electron chi connectivity index (χ2n) is 5.39. The van der Waals surface area contributed by atoms with E-state index in [2.05, 4.69) is 54.7 Å². The quantitative estimate of drug-likeness (QED) is 0.875. The third-order valence-electron chi connectivity index (χ3n) is 3.21. The highest BCUT2D eigenvalue weighted by molar-refractivity contribution is 7.11. The van der Waals surface area contributed by atoms with Crippen molar-refractivity contribution in [3.8, 4) is 0 Å². The minimum atomic E-state index is 0.449. The van der Waals surface area contributed by atoms with Gasteiger partial charge in [0.15, 0.2) is 0 Å². The number of aryl methyl sites for hydroxylation is 1.